The Balaban J connectivity index is 2.29. The van der Waals surface area contributed by atoms with Crippen LogP contribution in [0.3, 0.4) is 0 Å². The van der Waals surface area contributed by atoms with Crippen LogP contribution in [-0.2, 0) is 0 Å². The standard InChI is InChI=1S/C15H30N2S/c1-2-16-15(18)17-14-12-10-8-6-4-3-5-7-9-11-13-14/h14H,2-13H2,1H3,(H2,16,17,18). The number of rotatable bonds is 2. The predicted octanol–water partition coefficient (Wildman–Crippen LogP) is 4.14. The maximum atomic E-state index is 5.30. The molecule has 106 valence electrons. The van der Waals surface area contributed by atoms with Crippen LogP contribution in [0.1, 0.15) is 77.6 Å². The fraction of sp³-hybridized carbons (Fsp3) is 0.933. The molecular formula is C15H30N2S. The molecule has 1 fully saturated rings. The molecule has 0 bridgehead atoms. The van der Waals surface area contributed by atoms with Crippen LogP contribution in [0.15, 0.2) is 0 Å². The summed E-state index contributed by atoms with van der Waals surface area (Å²) in [5.74, 6) is 0. The Hall–Kier alpha value is -0.310. The van der Waals surface area contributed by atoms with Crippen molar-refractivity contribution in [2.75, 3.05) is 6.54 Å². The van der Waals surface area contributed by atoms with Crippen LogP contribution in [0.25, 0.3) is 0 Å². The van der Waals surface area contributed by atoms with Crippen molar-refractivity contribution in [2.45, 2.75) is 83.6 Å². The normalized spacial score (nSPS) is 20.5. The first-order valence-electron chi connectivity index (χ1n) is 7.87. The van der Waals surface area contributed by atoms with Crippen molar-refractivity contribution in [3.05, 3.63) is 0 Å². The van der Waals surface area contributed by atoms with Crippen molar-refractivity contribution in [3.63, 3.8) is 0 Å². The van der Waals surface area contributed by atoms with Gasteiger partial charge in [0.1, 0.15) is 0 Å². The smallest absolute Gasteiger partial charge is 0.166 e. The first kappa shape index (κ1) is 15.7. The molecule has 0 aromatic rings. The molecular weight excluding hydrogens is 240 g/mol. The van der Waals surface area contributed by atoms with E-state index in [1.165, 1.54) is 70.6 Å². The molecule has 1 aliphatic carbocycles. The highest BCUT2D eigenvalue weighted by molar-refractivity contribution is 7.80. The lowest BCUT2D eigenvalue weighted by Crippen LogP contribution is -2.41. The van der Waals surface area contributed by atoms with E-state index in [1.54, 1.807) is 0 Å². The molecule has 0 amide bonds. The quantitative estimate of drug-likeness (QED) is 0.737. The third-order valence-corrected chi connectivity index (χ3v) is 4.04. The number of hydrogen-bond donors (Lipinski definition) is 2. The Labute approximate surface area is 118 Å². The Bertz CT molecular complexity index is 207. The van der Waals surface area contributed by atoms with Crippen LogP contribution in [0.2, 0.25) is 0 Å². The van der Waals surface area contributed by atoms with Gasteiger partial charge in [0.05, 0.1) is 0 Å². The number of thiocarbonyl (C=S) groups is 1. The molecule has 18 heavy (non-hydrogen) atoms. The van der Waals surface area contributed by atoms with Gasteiger partial charge in [-0.25, -0.2) is 0 Å². The van der Waals surface area contributed by atoms with Crippen LogP contribution in [0.5, 0.6) is 0 Å². The second kappa shape index (κ2) is 10.6. The van der Waals surface area contributed by atoms with Crippen molar-refractivity contribution in [1.29, 1.82) is 0 Å². The molecule has 2 nitrogen and oxygen atoms in total. The van der Waals surface area contributed by atoms with E-state index < -0.39 is 0 Å². The molecule has 0 aromatic heterocycles. The second-order valence-electron chi connectivity index (χ2n) is 5.46. The number of nitrogens with one attached hydrogen (secondary N) is 2. The van der Waals surface area contributed by atoms with Gasteiger partial charge in [-0.1, -0.05) is 57.8 Å². The molecule has 0 atom stereocenters. The Kier molecular flexibility index (Phi) is 9.27. The third-order valence-electron chi connectivity index (χ3n) is 3.78. The van der Waals surface area contributed by atoms with Gasteiger partial charge in [0.2, 0.25) is 0 Å². The largest absolute Gasteiger partial charge is 0.363 e. The van der Waals surface area contributed by atoms with Gasteiger partial charge in [-0.15, -0.1) is 0 Å². The van der Waals surface area contributed by atoms with E-state index in [9.17, 15) is 0 Å². The van der Waals surface area contributed by atoms with Crippen LogP contribution < -0.4 is 10.6 Å². The fourth-order valence-corrected chi connectivity index (χ4v) is 3.02. The predicted molar refractivity (Wildman–Crippen MR) is 84.0 cm³/mol. The first-order valence-corrected chi connectivity index (χ1v) is 8.28. The molecule has 1 aliphatic rings. The van der Waals surface area contributed by atoms with E-state index in [2.05, 4.69) is 17.6 Å². The van der Waals surface area contributed by atoms with Gasteiger partial charge >= 0.3 is 0 Å². The Morgan fingerprint density at radius 2 is 1.33 bits per heavy atom. The Morgan fingerprint density at radius 1 is 0.889 bits per heavy atom. The lowest BCUT2D eigenvalue weighted by Gasteiger charge is -2.21. The summed E-state index contributed by atoms with van der Waals surface area (Å²) in [5, 5.41) is 7.53. The lowest BCUT2D eigenvalue weighted by molar-refractivity contribution is 0.441. The molecule has 0 aliphatic heterocycles. The van der Waals surface area contributed by atoms with Crippen molar-refractivity contribution >= 4 is 17.3 Å². The fourth-order valence-electron chi connectivity index (χ4n) is 2.70. The zero-order valence-electron chi connectivity index (χ0n) is 12.0. The highest BCUT2D eigenvalue weighted by atomic mass is 32.1. The molecule has 1 saturated carbocycles. The summed E-state index contributed by atoms with van der Waals surface area (Å²) in [5.41, 5.74) is 0. The Morgan fingerprint density at radius 3 is 1.78 bits per heavy atom. The highest BCUT2D eigenvalue weighted by Gasteiger charge is 2.10. The molecule has 0 radical (unpaired) electrons. The van der Waals surface area contributed by atoms with Gasteiger partial charge in [0.15, 0.2) is 5.11 Å². The molecule has 0 saturated heterocycles. The minimum absolute atomic E-state index is 0.593. The summed E-state index contributed by atoms with van der Waals surface area (Å²) >= 11 is 5.30. The maximum absolute atomic E-state index is 5.30. The molecule has 0 aromatic carbocycles. The third kappa shape index (κ3) is 7.91. The minimum Gasteiger partial charge on any atom is -0.363 e. The van der Waals surface area contributed by atoms with Crippen molar-refractivity contribution in [3.8, 4) is 0 Å². The number of hydrogen-bond acceptors (Lipinski definition) is 1. The summed E-state index contributed by atoms with van der Waals surface area (Å²) in [6.07, 6.45) is 15.2. The highest BCUT2D eigenvalue weighted by Crippen LogP contribution is 2.16. The van der Waals surface area contributed by atoms with Gasteiger partial charge in [0.25, 0.3) is 0 Å². The first-order chi connectivity index (χ1) is 8.83. The van der Waals surface area contributed by atoms with Crippen molar-refractivity contribution in [1.82, 2.24) is 10.6 Å². The van der Waals surface area contributed by atoms with Gasteiger partial charge in [0, 0.05) is 12.6 Å². The average molecular weight is 270 g/mol. The van der Waals surface area contributed by atoms with E-state index in [4.69, 9.17) is 12.2 Å². The molecule has 0 spiro atoms. The van der Waals surface area contributed by atoms with E-state index in [-0.39, 0.29) is 0 Å². The molecule has 0 unspecified atom stereocenters. The summed E-state index contributed by atoms with van der Waals surface area (Å²) in [7, 11) is 0. The maximum Gasteiger partial charge on any atom is 0.166 e. The van der Waals surface area contributed by atoms with E-state index in [0.29, 0.717) is 6.04 Å². The second-order valence-corrected chi connectivity index (χ2v) is 5.87. The summed E-state index contributed by atoms with van der Waals surface area (Å²) < 4.78 is 0. The lowest BCUT2D eigenvalue weighted by atomic mass is 9.98. The molecule has 2 N–H and O–H groups in total. The average Bonchev–Trinajstić information content (AvgIpc) is 2.33. The topological polar surface area (TPSA) is 24.1 Å². The molecule has 3 heteroatoms. The van der Waals surface area contributed by atoms with Crippen LogP contribution in [-0.4, -0.2) is 17.7 Å². The molecule has 1 rings (SSSR count). The SMILES string of the molecule is CCNC(=S)NC1CCCCCCCCCCC1. The molecule has 0 heterocycles. The summed E-state index contributed by atoms with van der Waals surface area (Å²) in [4.78, 5) is 0. The van der Waals surface area contributed by atoms with E-state index in [1.807, 2.05) is 0 Å². The van der Waals surface area contributed by atoms with Gasteiger partial charge in [-0.3, -0.25) is 0 Å². The zero-order valence-corrected chi connectivity index (χ0v) is 12.8. The van der Waals surface area contributed by atoms with E-state index >= 15 is 0 Å². The minimum atomic E-state index is 0.593. The van der Waals surface area contributed by atoms with Crippen LogP contribution in [0.4, 0.5) is 0 Å². The van der Waals surface area contributed by atoms with Crippen molar-refractivity contribution in [2.24, 2.45) is 0 Å². The van der Waals surface area contributed by atoms with E-state index in [0.717, 1.165) is 11.7 Å². The van der Waals surface area contributed by atoms with Crippen molar-refractivity contribution < 1.29 is 0 Å². The zero-order chi connectivity index (χ0) is 13.1. The summed E-state index contributed by atoms with van der Waals surface area (Å²) in [6.45, 7) is 3.01. The van der Waals surface area contributed by atoms with Crippen LogP contribution in [0, 0.1) is 0 Å². The van der Waals surface area contributed by atoms with Crippen LogP contribution >= 0.6 is 12.2 Å². The monoisotopic (exact) mass is 270 g/mol. The van der Waals surface area contributed by atoms with Gasteiger partial charge in [-0.05, 0) is 32.0 Å². The van der Waals surface area contributed by atoms with Gasteiger partial charge in [-0.2, -0.15) is 0 Å². The summed E-state index contributed by atoms with van der Waals surface area (Å²) in [6, 6.07) is 0.593. The van der Waals surface area contributed by atoms with Gasteiger partial charge < -0.3 is 10.6 Å².